The van der Waals surface area contributed by atoms with Crippen LogP contribution in [0.15, 0.2) is 29.1 Å². The normalized spacial score (nSPS) is 10.3. The lowest BCUT2D eigenvalue weighted by Gasteiger charge is -2.07. The van der Waals surface area contributed by atoms with Gasteiger partial charge in [0.15, 0.2) is 5.82 Å². The monoisotopic (exact) mass is 274 g/mol. The average molecular weight is 274 g/mol. The number of benzene rings is 1. The summed E-state index contributed by atoms with van der Waals surface area (Å²) in [7, 11) is 0. The molecule has 1 aromatic heterocycles. The standard InChI is InChI=1S/C14H14N2O4/c1-8-3-4-10(9(2)5-8)14(19)20-7-11-15-12(17)6-13(18)16-11/h3-6H,7H2,1-2H3,(H2,15,16,17,18). The lowest BCUT2D eigenvalue weighted by atomic mass is 10.1. The highest BCUT2D eigenvalue weighted by Crippen LogP contribution is 2.12. The quantitative estimate of drug-likeness (QED) is 0.826. The van der Waals surface area contributed by atoms with Gasteiger partial charge in [-0.15, -0.1) is 0 Å². The fourth-order valence-electron chi connectivity index (χ4n) is 1.82. The number of nitrogens with one attached hydrogen (secondary N) is 1. The first-order valence-electron chi connectivity index (χ1n) is 5.99. The Morgan fingerprint density at radius 3 is 2.75 bits per heavy atom. The molecule has 0 amide bonds. The number of H-pyrrole nitrogens is 1. The molecular formula is C14H14N2O4. The van der Waals surface area contributed by atoms with Gasteiger partial charge in [-0.25, -0.2) is 4.79 Å². The number of aromatic hydroxyl groups is 1. The smallest absolute Gasteiger partial charge is 0.338 e. The minimum Gasteiger partial charge on any atom is -0.493 e. The molecule has 6 nitrogen and oxygen atoms in total. The van der Waals surface area contributed by atoms with Crippen molar-refractivity contribution in [2.24, 2.45) is 0 Å². The van der Waals surface area contributed by atoms with Crippen molar-refractivity contribution >= 4 is 5.97 Å². The van der Waals surface area contributed by atoms with E-state index < -0.39 is 17.4 Å². The topological polar surface area (TPSA) is 92.3 Å². The Bertz CT molecular complexity index is 707. The van der Waals surface area contributed by atoms with Crippen LogP contribution in [0.3, 0.4) is 0 Å². The van der Waals surface area contributed by atoms with Crippen molar-refractivity contribution in [3.8, 4) is 5.88 Å². The molecule has 0 bridgehead atoms. The molecule has 1 heterocycles. The van der Waals surface area contributed by atoms with Crippen molar-refractivity contribution in [3.63, 3.8) is 0 Å². The fraction of sp³-hybridized carbons (Fsp3) is 0.214. The number of aromatic amines is 1. The highest BCUT2D eigenvalue weighted by molar-refractivity contribution is 5.91. The Labute approximate surface area is 115 Å². The number of carbonyl (C=O) groups excluding carboxylic acids is 1. The van der Waals surface area contributed by atoms with Crippen molar-refractivity contribution in [2.75, 3.05) is 0 Å². The molecule has 1 aromatic carbocycles. The molecule has 104 valence electrons. The van der Waals surface area contributed by atoms with Crippen LogP contribution >= 0.6 is 0 Å². The number of esters is 1. The van der Waals surface area contributed by atoms with Crippen LogP contribution in [0.2, 0.25) is 0 Å². The van der Waals surface area contributed by atoms with E-state index in [1.807, 2.05) is 26.0 Å². The van der Waals surface area contributed by atoms with E-state index >= 15 is 0 Å². The van der Waals surface area contributed by atoms with Crippen molar-refractivity contribution in [2.45, 2.75) is 20.5 Å². The van der Waals surface area contributed by atoms with Gasteiger partial charge < -0.3 is 14.8 Å². The van der Waals surface area contributed by atoms with Gasteiger partial charge in [0.05, 0.1) is 11.6 Å². The second-order valence-corrected chi connectivity index (χ2v) is 4.44. The number of aromatic nitrogens is 2. The number of hydrogen-bond donors (Lipinski definition) is 2. The summed E-state index contributed by atoms with van der Waals surface area (Å²) in [6.07, 6.45) is 0. The minimum absolute atomic E-state index is 0.0908. The van der Waals surface area contributed by atoms with Crippen molar-refractivity contribution < 1.29 is 14.6 Å². The molecule has 0 unspecified atom stereocenters. The minimum atomic E-state index is -0.506. The Morgan fingerprint density at radius 2 is 2.10 bits per heavy atom. The van der Waals surface area contributed by atoms with E-state index in [2.05, 4.69) is 9.97 Å². The van der Waals surface area contributed by atoms with E-state index in [4.69, 9.17) is 4.74 Å². The van der Waals surface area contributed by atoms with Crippen molar-refractivity contribution in [1.29, 1.82) is 0 Å². The predicted octanol–water partition coefficient (Wildman–Crippen LogP) is 1.45. The number of hydrogen-bond acceptors (Lipinski definition) is 5. The first kappa shape index (κ1) is 13.8. The zero-order valence-electron chi connectivity index (χ0n) is 11.1. The molecular weight excluding hydrogens is 260 g/mol. The number of ether oxygens (including phenoxy) is 1. The first-order chi connectivity index (χ1) is 9.45. The van der Waals surface area contributed by atoms with Gasteiger partial charge in [0, 0.05) is 0 Å². The molecule has 6 heteroatoms. The predicted molar refractivity (Wildman–Crippen MR) is 71.6 cm³/mol. The number of nitrogens with zero attached hydrogens (tertiary/aromatic N) is 1. The summed E-state index contributed by atoms with van der Waals surface area (Å²) in [6.45, 7) is 3.54. The molecule has 0 aliphatic heterocycles. The van der Waals surface area contributed by atoms with Crippen molar-refractivity contribution in [1.82, 2.24) is 9.97 Å². The molecule has 0 saturated heterocycles. The van der Waals surface area contributed by atoms with Crippen LogP contribution in [0.1, 0.15) is 27.3 Å². The van der Waals surface area contributed by atoms with Crippen LogP contribution in [-0.4, -0.2) is 21.0 Å². The van der Waals surface area contributed by atoms with Crippen LogP contribution in [0.25, 0.3) is 0 Å². The zero-order valence-corrected chi connectivity index (χ0v) is 11.1. The second kappa shape index (κ2) is 5.56. The summed E-state index contributed by atoms with van der Waals surface area (Å²) in [5.41, 5.74) is 1.82. The van der Waals surface area contributed by atoms with Gasteiger partial charge in [-0.2, -0.15) is 4.98 Å². The van der Waals surface area contributed by atoms with Gasteiger partial charge in [-0.3, -0.25) is 4.79 Å². The summed E-state index contributed by atoms with van der Waals surface area (Å²) in [4.78, 5) is 29.1. The summed E-state index contributed by atoms with van der Waals surface area (Å²) in [6, 6.07) is 6.32. The molecule has 20 heavy (non-hydrogen) atoms. The SMILES string of the molecule is Cc1ccc(C(=O)OCc2nc(O)cc(=O)[nH]2)c(C)c1. The van der Waals surface area contributed by atoms with Gasteiger partial charge in [0.1, 0.15) is 6.61 Å². The Balaban J connectivity index is 2.10. The summed E-state index contributed by atoms with van der Waals surface area (Å²) in [5.74, 6) is -0.826. The van der Waals surface area contributed by atoms with Gasteiger partial charge in [0.25, 0.3) is 5.56 Å². The summed E-state index contributed by atoms with van der Waals surface area (Å²) >= 11 is 0. The van der Waals surface area contributed by atoms with Crippen LogP contribution in [0, 0.1) is 13.8 Å². The number of rotatable bonds is 3. The van der Waals surface area contributed by atoms with E-state index in [0.717, 1.165) is 17.2 Å². The zero-order chi connectivity index (χ0) is 14.7. The maximum absolute atomic E-state index is 11.9. The Kier molecular flexibility index (Phi) is 3.84. The van der Waals surface area contributed by atoms with E-state index in [-0.39, 0.29) is 12.4 Å². The molecule has 2 N–H and O–H groups in total. The average Bonchev–Trinajstić information content (AvgIpc) is 2.35. The molecule has 0 aliphatic carbocycles. The van der Waals surface area contributed by atoms with Gasteiger partial charge in [-0.1, -0.05) is 17.7 Å². The first-order valence-corrected chi connectivity index (χ1v) is 5.99. The molecule has 0 radical (unpaired) electrons. The van der Waals surface area contributed by atoms with Crippen molar-refractivity contribution in [3.05, 3.63) is 57.1 Å². The largest absolute Gasteiger partial charge is 0.493 e. The van der Waals surface area contributed by atoms with Gasteiger partial charge in [0.2, 0.25) is 5.88 Å². The molecule has 0 fully saturated rings. The third kappa shape index (κ3) is 3.23. The van der Waals surface area contributed by atoms with Crippen LogP contribution in [-0.2, 0) is 11.3 Å². The van der Waals surface area contributed by atoms with Crippen LogP contribution in [0.5, 0.6) is 5.88 Å². The van der Waals surface area contributed by atoms with E-state index in [9.17, 15) is 14.7 Å². The van der Waals surface area contributed by atoms with E-state index in [1.165, 1.54) is 0 Å². The molecule has 0 aliphatic rings. The Morgan fingerprint density at radius 1 is 1.35 bits per heavy atom. The third-order valence-electron chi connectivity index (χ3n) is 2.72. The highest BCUT2D eigenvalue weighted by atomic mass is 16.5. The number of carbonyl (C=O) groups is 1. The molecule has 2 rings (SSSR count). The Hall–Kier alpha value is -2.63. The maximum Gasteiger partial charge on any atom is 0.338 e. The molecule has 0 saturated carbocycles. The third-order valence-corrected chi connectivity index (χ3v) is 2.72. The molecule has 0 atom stereocenters. The number of aryl methyl sites for hydroxylation is 2. The molecule has 0 spiro atoms. The second-order valence-electron chi connectivity index (χ2n) is 4.44. The van der Waals surface area contributed by atoms with Gasteiger partial charge in [-0.05, 0) is 25.5 Å². The van der Waals surface area contributed by atoms with E-state index in [1.54, 1.807) is 6.07 Å². The summed E-state index contributed by atoms with van der Waals surface area (Å²) in [5, 5.41) is 9.18. The van der Waals surface area contributed by atoms with Gasteiger partial charge >= 0.3 is 5.97 Å². The fourth-order valence-corrected chi connectivity index (χ4v) is 1.82. The van der Waals surface area contributed by atoms with E-state index in [0.29, 0.717) is 5.56 Å². The van der Waals surface area contributed by atoms with Crippen LogP contribution < -0.4 is 5.56 Å². The maximum atomic E-state index is 11.9. The molecule has 2 aromatic rings. The van der Waals surface area contributed by atoms with Crippen LogP contribution in [0.4, 0.5) is 0 Å². The highest BCUT2D eigenvalue weighted by Gasteiger charge is 2.11. The lowest BCUT2D eigenvalue weighted by molar-refractivity contribution is 0.0460. The lowest BCUT2D eigenvalue weighted by Crippen LogP contribution is -2.13. The summed E-state index contributed by atoms with van der Waals surface area (Å²) < 4.78 is 5.06.